The number of methoxy groups -OCH3 is 1. The fraction of sp³-hybridized carbons (Fsp3) is 0.200. The van der Waals surface area contributed by atoms with Crippen LogP contribution < -0.4 is 5.32 Å². The highest BCUT2D eigenvalue weighted by molar-refractivity contribution is 7.15. The van der Waals surface area contributed by atoms with Crippen molar-refractivity contribution in [3.05, 3.63) is 58.9 Å². The lowest BCUT2D eigenvalue weighted by molar-refractivity contribution is 0.0950. The van der Waals surface area contributed by atoms with E-state index in [0.29, 0.717) is 18.7 Å². The Labute approximate surface area is 126 Å². The van der Waals surface area contributed by atoms with Gasteiger partial charge >= 0.3 is 0 Å². The lowest BCUT2D eigenvalue weighted by atomic mass is 10.1. The van der Waals surface area contributed by atoms with Gasteiger partial charge in [-0.2, -0.15) is 0 Å². The van der Waals surface area contributed by atoms with E-state index >= 15 is 0 Å². The Morgan fingerprint density at radius 2 is 2.19 bits per heavy atom. The number of ether oxygens (including phenoxy) is 1. The van der Waals surface area contributed by atoms with Crippen molar-refractivity contribution in [1.82, 2.24) is 14.7 Å². The highest BCUT2D eigenvalue weighted by atomic mass is 32.1. The number of benzene rings is 1. The quantitative estimate of drug-likeness (QED) is 0.787. The molecule has 1 aromatic carbocycles. The van der Waals surface area contributed by atoms with Crippen molar-refractivity contribution in [3.63, 3.8) is 0 Å². The molecule has 0 atom stereocenters. The first-order valence-electron chi connectivity index (χ1n) is 6.53. The third-order valence-corrected chi connectivity index (χ3v) is 3.87. The molecule has 0 aliphatic carbocycles. The molecule has 3 rings (SSSR count). The van der Waals surface area contributed by atoms with Crippen LogP contribution in [0.4, 0.5) is 0 Å². The summed E-state index contributed by atoms with van der Waals surface area (Å²) in [5, 5.41) is 4.85. The normalized spacial score (nSPS) is 10.9. The van der Waals surface area contributed by atoms with Gasteiger partial charge in [0.2, 0.25) is 0 Å². The molecule has 6 heteroatoms. The van der Waals surface area contributed by atoms with Gasteiger partial charge in [0, 0.05) is 30.4 Å². The molecular formula is C15H15N3O2S. The second kappa shape index (κ2) is 6.07. The number of hydrogen-bond donors (Lipinski definition) is 1. The van der Waals surface area contributed by atoms with E-state index in [9.17, 15) is 4.79 Å². The Balaban J connectivity index is 1.61. The van der Waals surface area contributed by atoms with Crippen LogP contribution in [-0.4, -0.2) is 22.4 Å². The van der Waals surface area contributed by atoms with Crippen LogP contribution in [0.25, 0.3) is 4.96 Å². The van der Waals surface area contributed by atoms with Crippen LogP contribution in [-0.2, 0) is 17.9 Å². The van der Waals surface area contributed by atoms with E-state index in [1.807, 2.05) is 34.3 Å². The molecule has 0 spiro atoms. The summed E-state index contributed by atoms with van der Waals surface area (Å²) in [6, 6.07) is 7.39. The Kier molecular flexibility index (Phi) is 3.98. The number of rotatable bonds is 5. The van der Waals surface area contributed by atoms with E-state index in [1.54, 1.807) is 30.6 Å². The number of imidazole rings is 1. The number of fused-ring (bicyclic) bond motifs is 1. The van der Waals surface area contributed by atoms with Gasteiger partial charge in [0.1, 0.15) is 0 Å². The van der Waals surface area contributed by atoms with Crippen molar-refractivity contribution >= 4 is 22.2 Å². The predicted molar refractivity (Wildman–Crippen MR) is 81.4 cm³/mol. The van der Waals surface area contributed by atoms with E-state index in [4.69, 9.17) is 4.74 Å². The van der Waals surface area contributed by atoms with Crippen molar-refractivity contribution < 1.29 is 9.53 Å². The maximum Gasteiger partial charge on any atom is 0.251 e. The minimum Gasteiger partial charge on any atom is -0.380 e. The van der Waals surface area contributed by atoms with Crippen molar-refractivity contribution in [3.8, 4) is 0 Å². The summed E-state index contributed by atoms with van der Waals surface area (Å²) < 4.78 is 6.99. The third kappa shape index (κ3) is 3.12. The summed E-state index contributed by atoms with van der Waals surface area (Å²) >= 11 is 1.57. The molecule has 0 saturated heterocycles. The van der Waals surface area contributed by atoms with Crippen molar-refractivity contribution in [1.29, 1.82) is 0 Å². The molecule has 0 radical (unpaired) electrons. The maximum absolute atomic E-state index is 12.1. The van der Waals surface area contributed by atoms with Crippen LogP contribution in [0.1, 0.15) is 21.6 Å². The Hall–Kier alpha value is -2.18. The molecule has 0 aliphatic rings. The summed E-state index contributed by atoms with van der Waals surface area (Å²) in [4.78, 5) is 17.4. The van der Waals surface area contributed by atoms with Gasteiger partial charge in [0.05, 0.1) is 18.8 Å². The molecule has 0 bridgehead atoms. The largest absolute Gasteiger partial charge is 0.380 e. The zero-order valence-corrected chi connectivity index (χ0v) is 12.4. The maximum atomic E-state index is 12.1. The Morgan fingerprint density at radius 3 is 2.90 bits per heavy atom. The standard InChI is InChI=1S/C15H15N3O2S/c1-20-10-11-2-4-12(5-3-11)14(19)16-8-13-9-18-6-7-21-15(18)17-13/h2-7,9H,8,10H2,1H3,(H,16,19). The van der Waals surface area contributed by atoms with Crippen molar-refractivity contribution in [2.45, 2.75) is 13.2 Å². The number of hydrogen-bond acceptors (Lipinski definition) is 4. The molecule has 3 aromatic rings. The topological polar surface area (TPSA) is 55.6 Å². The van der Waals surface area contributed by atoms with E-state index < -0.39 is 0 Å². The highest BCUT2D eigenvalue weighted by Crippen LogP contribution is 2.11. The molecule has 21 heavy (non-hydrogen) atoms. The summed E-state index contributed by atoms with van der Waals surface area (Å²) in [7, 11) is 1.65. The first kappa shape index (κ1) is 13.8. The Bertz CT molecular complexity index is 717. The number of amides is 1. The molecule has 1 N–H and O–H groups in total. The number of thiazole rings is 1. The highest BCUT2D eigenvalue weighted by Gasteiger charge is 2.07. The van der Waals surface area contributed by atoms with E-state index in [0.717, 1.165) is 16.2 Å². The van der Waals surface area contributed by atoms with E-state index in [1.165, 1.54) is 0 Å². The molecule has 2 heterocycles. The number of carbonyl (C=O) groups excluding carboxylic acids is 1. The number of aromatic nitrogens is 2. The van der Waals surface area contributed by atoms with Gasteiger partial charge in [-0.3, -0.25) is 9.20 Å². The number of nitrogens with zero attached hydrogens (tertiary/aromatic N) is 2. The zero-order chi connectivity index (χ0) is 14.7. The predicted octanol–water partition coefficient (Wildman–Crippen LogP) is 2.47. The third-order valence-electron chi connectivity index (χ3n) is 3.10. The Morgan fingerprint density at radius 1 is 1.38 bits per heavy atom. The van der Waals surface area contributed by atoms with E-state index in [-0.39, 0.29) is 5.91 Å². The van der Waals surface area contributed by atoms with Crippen molar-refractivity contribution in [2.75, 3.05) is 7.11 Å². The van der Waals surface area contributed by atoms with E-state index in [2.05, 4.69) is 10.3 Å². The van der Waals surface area contributed by atoms with Gasteiger partial charge in [-0.05, 0) is 17.7 Å². The van der Waals surface area contributed by atoms with Gasteiger partial charge in [-0.15, -0.1) is 11.3 Å². The molecular weight excluding hydrogens is 286 g/mol. The average molecular weight is 301 g/mol. The van der Waals surface area contributed by atoms with Gasteiger partial charge in [-0.25, -0.2) is 4.98 Å². The monoisotopic (exact) mass is 301 g/mol. The molecule has 0 fully saturated rings. The fourth-order valence-electron chi connectivity index (χ4n) is 2.05. The lowest BCUT2D eigenvalue weighted by Crippen LogP contribution is -2.22. The molecule has 0 aliphatic heterocycles. The fourth-order valence-corrected chi connectivity index (χ4v) is 2.77. The molecule has 1 amide bonds. The smallest absolute Gasteiger partial charge is 0.251 e. The first-order chi connectivity index (χ1) is 10.3. The minimum atomic E-state index is -0.102. The minimum absolute atomic E-state index is 0.102. The van der Waals surface area contributed by atoms with Crippen LogP contribution in [0.15, 0.2) is 42.0 Å². The van der Waals surface area contributed by atoms with Crippen LogP contribution in [0.3, 0.4) is 0 Å². The second-order valence-electron chi connectivity index (χ2n) is 4.64. The van der Waals surface area contributed by atoms with Crippen LogP contribution in [0.2, 0.25) is 0 Å². The van der Waals surface area contributed by atoms with Crippen LogP contribution in [0.5, 0.6) is 0 Å². The van der Waals surface area contributed by atoms with Gasteiger partial charge in [0.15, 0.2) is 4.96 Å². The SMILES string of the molecule is COCc1ccc(C(=O)NCc2cn3ccsc3n2)cc1. The first-order valence-corrected chi connectivity index (χ1v) is 7.41. The van der Waals surface area contributed by atoms with Gasteiger partial charge in [0.25, 0.3) is 5.91 Å². The van der Waals surface area contributed by atoms with Gasteiger partial charge < -0.3 is 10.1 Å². The van der Waals surface area contributed by atoms with Crippen LogP contribution >= 0.6 is 11.3 Å². The lowest BCUT2D eigenvalue weighted by Gasteiger charge is -2.04. The summed E-state index contributed by atoms with van der Waals surface area (Å²) in [6.45, 7) is 0.973. The molecule has 5 nitrogen and oxygen atoms in total. The second-order valence-corrected chi connectivity index (χ2v) is 5.51. The molecule has 108 valence electrons. The van der Waals surface area contributed by atoms with Gasteiger partial charge in [-0.1, -0.05) is 12.1 Å². The summed E-state index contributed by atoms with van der Waals surface area (Å²) in [5.41, 5.74) is 2.53. The summed E-state index contributed by atoms with van der Waals surface area (Å²) in [6.07, 6.45) is 3.88. The molecule has 2 aromatic heterocycles. The number of carbonyl (C=O) groups is 1. The summed E-state index contributed by atoms with van der Waals surface area (Å²) in [5.74, 6) is -0.102. The molecule has 0 unspecified atom stereocenters. The van der Waals surface area contributed by atoms with Crippen LogP contribution in [0, 0.1) is 0 Å². The molecule has 0 saturated carbocycles. The zero-order valence-electron chi connectivity index (χ0n) is 11.6. The van der Waals surface area contributed by atoms with Crippen molar-refractivity contribution in [2.24, 2.45) is 0 Å². The average Bonchev–Trinajstić information content (AvgIpc) is 3.07. The number of nitrogens with one attached hydrogen (secondary N) is 1.